The summed E-state index contributed by atoms with van der Waals surface area (Å²) in [6.07, 6.45) is 1.75. The number of aromatic nitrogens is 1. The predicted octanol–water partition coefficient (Wildman–Crippen LogP) is 3.20. The highest BCUT2D eigenvalue weighted by atomic mass is 32.1. The minimum atomic E-state index is 0.149. The molecule has 1 atom stereocenters. The zero-order valence-corrected chi connectivity index (χ0v) is 10.6. The number of oxazole rings is 1. The third kappa shape index (κ3) is 2.71. The highest BCUT2D eigenvalue weighted by Gasteiger charge is 2.10. The molecule has 0 aliphatic heterocycles. The minimum absolute atomic E-state index is 0.149. The van der Waals surface area contributed by atoms with Crippen molar-refractivity contribution < 1.29 is 4.42 Å². The van der Waals surface area contributed by atoms with Crippen LogP contribution in [0.25, 0.3) is 0 Å². The standard InChI is InChI=1S/C12H16N2OS/c1-8-6-14-12(15-8)10(3)13-7-11-5-4-9(2)16-11/h4-6,10,13H,7H2,1-3H3. The molecule has 2 rings (SSSR count). The molecule has 0 saturated heterocycles. The van der Waals surface area contributed by atoms with Gasteiger partial charge in [-0.15, -0.1) is 11.3 Å². The van der Waals surface area contributed by atoms with E-state index in [0.717, 1.165) is 18.2 Å². The van der Waals surface area contributed by atoms with Crippen LogP contribution in [0.2, 0.25) is 0 Å². The Morgan fingerprint density at radius 3 is 2.81 bits per heavy atom. The second-order valence-electron chi connectivity index (χ2n) is 3.92. The lowest BCUT2D eigenvalue weighted by Crippen LogP contribution is -2.17. The van der Waals surface area contributed by atoms with Gasteiger partial charge in [-0.1, -0.05) is 0 Å². The summed E-state index contributed by atoms with van der Waals surface area (Å²) in [5.74, 6) is 1.61. The molecule has 0 amide bonds. The van der Waals surface area contributed by atoms with E-state index in [1.54, 1.807) is 6.20 Å². The van der Waals surface area contributed by atoms with Crippen LogP contribution >= 0.6 is 11.3 Å². The van der Waals surface area contributed by atoms with Gasteiger partial charge in [0.1, 0.15) is 5.76 Å². The Kier molecular flexibility index (Phi) is 3.41. The lowest BCUT2D eigenvalue weighted by molar-refractivity contribution is 0.403. The van der Waals surface area contributed by atoms with Crippen molar-refractivity contribution in [3.8, 4) is 0 Å². The number of rotatable bonds is 4. The molecular weight excluding hydrogens is 220 g/mol. The molecule has 1 N–H and O–H groups in total. The van der Waals surface area contributed by atoms with Crippen molar-refractivity contribution in [3.63, 3.8) is 0 Å². The van der Waals surface area contributed by atoms with Gasteiger partial charge >= 0.3 is 0 Å². The molecule has 2 aromatic heterocycles. The average Bonchev–Trinajstić information content (AvgIpc) is 2.84. The van der Waals surface area contributed by atoms with Gasteiger partial charge in [-0.05, 0) is 32.9 Å². The van der Waals surface area contributed by atoms with Crippen LogP contribution in [0.5, 0.6) is 0 Å². The number of nitrogens with zero attached hydrogens (tertiary/aromatic N) is 1. The van der Waals surface area contributed by atoms with Gasteiger partial charge in [0, 0.05) is 16.3 Å². The Labute approximate surface area is 99.5 Å². The topological polar surface area (TPSA) is 38.1 Å². The molecule has 1 unspecified atom stereocenters. The second kappa shape index (κ2) is 4.80. The van der Waals surface area contributed by atoms with Crippen molar-refractivity contribution in [1.29, 1.82) is 0 Å². The first-order valence-corrected chi connectivity index (χ1v) is 6.18. The van der Waals surface area contributed by atoms with Crippen molar-refractivity contribution in [3.05, 3.63) is 39.7 Å². The van der Waals surface area contributed by atoms with E-state index in [4.69, 9.17) is 4.42 Å². The molecule has 0 aliphatic rings. The smallest absolute Gasteiger partial charge is 0.211 e. The first kappa shape index (κ1) is 11.4. The molecule has 0 aromatic carbocycles. The molecule has 3 nitrogen and oxygen atoms in total. The first-order valence-electron chi connectivity index (χ1n) is 5.36. The number of thiophene rings is 1. The van der Waals surface area contributed by atoms with Crippen LogP contribution in [0.4, 0.5) is 0 Å². The van der Waals surface area contributed by atoms with Crippen molar-refractivity contribution >= 4 is 11.3 Å². The second-order valence-corrected chi connectivity index (χ2v) is 5.30. The van der Waals surface area contributed by atoms with E-state index in [2.05, 4.69) is 36.3 Å². The highest BCUT2D eigenvalue weighted by molar-refractivity contribution is 7.11. The van der Waals surface area contributed by atoms with Crippen molar-refractivity contribution in [2.45, 2.75) is 33.4 Å². The SMILES string of the molecule is Cc1cnc(C(C)NCc2ccc(C)s2)o1. The zero-order valence-electron chi connectivity index (χ0n) is 9.78. The lowest BCUT2D eigenvalue weighted by atomic mass is 10.3. The van der Waals surface area contributed by atoms with E-state index in [1.807, 2.05) is 18.3 Å². The third-order valence-electron chi connectivity index (χ3n) is 2.39. The van der Waals surface area contributed by atoms with Crippen LogP contribution in [0.3, 0.4) is 0 Å². The maximum absolute atomic E-state index is 5.47. The van der Waals surface area contributed by atoms with E-state index in [1.165, 1.54) is 9.75 Å². The van der Waals surface area contributed by atoms with Gasteiger partial charge in [0.15, 0.2) is 0 Å². The summed E-state index contributed by atoms with van der Waals surface area (Å²) in [5, 5.41) is 3.40. The average molecular weight is 236 g/mol. The number of aryl methyl sites for hydroxylation is 2. The number of hydrogen-bond acceptors (Lipinski definition) is 4. The summed E-state index contributed by atoms with van der Waals surface area (Å²) >= 11 is 1.82. The number of hydrogen-bond donors (Lipinski definition) is 1. The van der Waals surface area contributed by atoms with Crippen LogP contribution in [0, 0.1) is 13.8 Å². The highest BCUT2D eigenvalue weighted by Crippen LogP contribution is 2.17. The predicted molar refractivity (Wildman–Crippen MR) is 65.6 cm³/mol. The Balaban J connectivity index is 1.91. The summed E-state index contributed by atoms with van der Waals surface area (Å²) in [6, 6.07) is 4.44. The van der Waals surface area contributed by atoms with Crippen LogP contribution in [0.1, 0.15) is 34.4 Å². The van der Waals surface area contributed by atoms with E-state index >= 15 is 0 Å². The Morgan fingerprint density at radius 2 is 2.25 bits per heavy atom. The molecule has 16 heavy (non-hydrogen) atoms. The Morgan fingerprint density at radius 1 is 1.44 bits per heavy atom. The monoisotopic (exact) mass is 236 g/mol. The Hall–Kier alpha value is -1.13. The van der Waals surface area contributed by atoms with E-state index in [9.17, 15) is 0 Å². The molecule has 0 saturated carbocycles. The summed E-state index contributed by atoms with van der Waals surface area (Å²) in [6.45, 7) is 6.95. The zero-order chi connectivity index (χ0) is 11.5. The van der Waals surface area contributed by atoms with Crippen LogP contribution < -0.4 is 5.32 Å². The summed E-state index contributed by atoms with van der Waals surface area (Å²) in [4.78, 5) is 6.89. The van der Waals surface area contributed by atoms with Gasteiger partial charge in [0.2, 0.25) is 5.89 Å². The molecule has 0 bridgehead atoms. The van der Waals surface area contributed by atoms with Crippen molar-refractivity contribution in [2.24, 2.45) is 0 Å². The molecule has 0 fully saturated rings. The molecule has 86 valence electrons. The van der Waals surface area contributed by atoms with Crippen LogP contribution in [-0.2, 0) is 6.54 Å². The fraction of sp³-hybridized carbons (Fsp3) is 0.417. The van der Waals surface area contributed by atoms with E-state index in [0.29, 0.717) is 0 Å². The maximum atomic E-state index is 5.47. The molecule has 0 spiro atoms. The fourth-order valence-electron chi connectivity index (χ4n) is 1.49. The summed E-state index contributed by atoms with van der Waals surface area (Å²) in [5.41, 5.74) is 0. The van der Waals surface area contributed by atoms with E-state index in [-0.39, 0.29) is 6.04 Å². The fourth-order valence-corrected chi connectivity index (χ4v) is 2.33. The minimum Gasteiger partial charge on any atom is -0.444 e. The van der Waals surface area contributed by atoms with E-state index < -0.39 is 0 Å². The molecule has 4 heteroatoms. The van der Waals surface area contributed by atoms with Crippen molar-refractivity contribution in [1.82, 2.24) is 10.3 Å². The third-order valence-corrected chi connectivity index (χ3v) is 3.39. The lowest BCUT2D eigenvalue weighted by Gasteiger charge is -2.08. The van der Waals surface area contributed by atoms with Crippen LogP contribution in [0.15, 0.2) is 22.7 Å². The molecule has 2 aromatic rings. The summed E-state index contributed by atoms with van der Waals surface area (Å²) in [7, 11) is 0. The molecular formula is C12H16N2OS. The van der Waals surface area contributed by atoms with Gasteiger partial charge in [0.05, 0.1) is 12.2 Å². The molecule has 2 heterocycles. The van der Waals surface area contributed by atoms with Gasteiger partial charge in [0.25, 0.3) is 0 Å². The van der Waals surface area contributed by atoms with Crippen molar-refractivity contribution in [2.75, 3.05) is 0 Å². The van der Waals surface area contributed by atoms with Gasteiger partial charge in [-0.25, -0.2) is 4.98 Å². The molecule has 0 aliphatic carbocycles. The maximum Gasteiger partial charge on any atom is 0.211 e. The summed E-state index contributed by atoms with van der Waals surface area (Å²) < 4.78 is 5.47. The normalized spacial score (nSPS) is 12.9. The van der Waals surface area contributed by atoms with Crippen LogP contribution in [-0.4, -0.2) is 4.98 Å². The first-order chi connectivity index (χ1) is 7.65. The number of nitrogens with one attached hydrogen (secondary N) is 1. The quantitative estimate of drug-likeness (QED) is 0.885. The Bertz CT molecular complexity index is 461. The van der Waals surface area contributed by atoms with Gasteiger partial charge < -0.3 is 9.73 Å². The largest absolute Gasteiger partial charge is 0.444 e. The molecule has 0 radical (unpaired) electrons. The van der Waals surface area contributed by atoms with Gasteiger partial charge in [-0.3, -0.25) is 0 Å². The van der Waals surface area contributed by atoms with Gasteiger partial charge in [-0.2, -0.15) is 0 Å².